The smallest absolute Gasteiger partial charge is 0.405 e. The van der Waals surface area contributed by atoms with Gasteiger partial charge in [0.15, 0.2) is 5.65 Å². The van der Waals surface area contributed by atoms with E-state index in [4.69, 9.17) is 21.2 Å². The fraction of sp³-hybridized carbons (Fsp3) is 0.424. The number of carbonyl (C=O) groups is 1. The maximum atomic E-state index is 11.4. The number of nitrogen functional groups attached to an aromatic ring is 1. The predicted molar refractivity (Wildman–Crippen MR) is 171 cm³/mol. The number of hydrogen-bond donors (Lipinski definition) is 2. The van der Waals surface area contributed by atoms with Crippen molar-refractivity contribution in [1.29, 1.82) is 0 Å². The summed E-state index contributed by atoms with van der Waals surface area (Å²) in [4.78, 5) is 23.8. The van der Waals surface area contributed by atoms with Crippen LogP contribution in [0.3, 0.4) is 0 Å². The van der Waals surface area contributed by atoms with E-state index in [1.807, 2.05) is 44.3 Å². The van der Waals surface area contributed by atoms with Crippen LogP contribution in [0.5, 0.6) is 0 Å². The van der Waals surface area contributed by atoms with Crippen LogP contribution in [0, 0.1) is 5.92 Å². The molecular formula is C33H42N8O2. The molecule has 0 radical (unpaired) electrons. The Hall–Kier alpha value is -4.15. The molecular weight excluding hydrogens is 540 g/mol. The van der Waals surface area contributed by atoms with Crippen molar-refractivity contribution in [3.05, 3.63) is 66.5 Å². The Morgan fingerprint density at radius 2 is 1.51 bits per heavy atom. The van der Waals surface area contributed by atoms with Crippen LogP contribution in [0.15, 0.2) is 60.9 Å². The van der Waals surface area contributed by atoms with E-state index >= 15 is 0 Å². The van der Waals surface area contributed by atoms with E-state index in [-0.39, 0.29) is 5.92 Å². The molecule has 2 aromatic carbocycles. The molecule has 6 rings (SSSR count). The van der Waals surface area contributed by atoms with Crippen LogP contribution < -0.4 is 16.4 Å². The van der Waals surface area contributed by atoms with Crippen LogP contribution in [0.4, 0.5) is 16.3 Å². The number of rotatable bonds is 7. The van der Waals surface area contributed by atoms with Crippen molar-refractivity contribution in [1.82, 2.24) is 24.4 Å². The second-order valence-electron chi connectivity index (χ2n) is 12.2. The first kappa shape index (κ1) is 28.9. The monoisotopic (exact) mass is 582 g/mol. The van der Waals surface area contributed by atoms with Gasteiger partial charge in [-0.15, -0.1) is 0 Å². The summed E-state index contributed by atoms with van der Waals surface area (Å²) in [5, 5.41) is 4.59. The Labute approximate surface area is 253 Å². The third-order valence-corrected chi connectivity index (χ3v) is 9.02. The summed E-state index contributed by atoms with van der Waals surface area (Å²) in [6.45, 7) is 10.7. The molecule has 2 fully saturated rings. The molecule has 0 bridgehead atoms. The zero-order valence-corrected chi connectivity index (χ0v) is 25.3. The van der Waals surface area contributed by atoms with Gasteiger partial charge >= 0.3 is 6.09 Å². The standard InChI is InChI=1S/C33H42N8O2/c1-22(2)30(43-33(35)42)25-6-4-23(5-7-25)28-20-36-32-29(21-37-41(32)31(28)34)24-8-10-26(11-9-24)39-16-18-40(19-17-39)27-12-14-38(3)15-13-27/h4-11,20-22,27,30H,12-19,34H2,1-3H3,(H2,35,42). The topological polar surface area (TPSA) is 118 Å². The van der Waals surface area contributed by atoms with Gasteiger partial charge in [-0.3, -0.25) is 4.90 Å². The maximum Gasteiger partial charge on any atom is 0.405 e. The molecule has 1 amide bonds. The van der Waals surface area contributed by atoms with Crippen molar-refractivity contribution in [2.24, 2.45) is 11.7 Å². The largest absolute Gasteiger partial charge is 0.441 e. The summed E-state index contributed by atoms with van der Waals surface area (Å²) < 4.78 is 7.02. The third-order valence-electron chi connectivity index (χ3n) is 9.02. The molecule has 1 atom stereocenters. The maximum absolute atomic E-state index is 11.4. The molecule has 2 aliphatic rings. The van der Waals surface area contributed by atoms with Crippen molar-refractivity contribution in [2.75, 3.05) is 56.9 Å². The van der Waals surface area contributed by atoms with Gasteiger partial charge in [-0.25, -0.2) is 9.78 Å². The Morgan fingerprint density at radius 3 is 2.14 bits per heavy atom. The number of primary amides is 1. The molecule has 0 saturated carbocycles. The lowest BCUT2D eigenvalue weighted by Gasteiger charge is -2.42. The zero-order chi connectivity index (χ0) is 30.1. The van der Waals surface area contributed by atoms with Crippen molar-refractivity contribution in [2.45, 2.75) is 38.8 Å². The number of anilines is 2. The number of fused-ring (bicyclic) bond motifs is 1. The first-order valence-electron chi connectivity index (χ1n) is 15.2. The minimum atomic E-state index is -0.785. The average Bonchev–Trinajstić information content (AvgIpc) is 3.46. The number of amides is 1. The highest BCUT2D eigenvalue weighted by Crippen LogP contribution is 2.33. The Bertz CT molecular complexity index is 1550. The molecule has 226 valence electrons. The lowest BCUT2D eigenvalue weighted by atomic mass is 9.96. The van der Waals surface area contributed by atoms with E-state index in [1.165, 1.54) is 31.6 Å². The Morgan fingerprint density at radius 1 is 0.884 bits per heavy atom. The van der Waals surface area contributed by atoms with Crippen LogP contribution >= 0.6 is 0 Å². The quantitative estimate of drug-likeness (QED) is 0.323. The molecule has 10 heteroatoms. The van der Waals surface area contributed by atoms with Gasteiger partial charge in [-0.05, 0) is 67.7 Å². The van der Waals surface area contributed by atoms with Crippen molar-refractivity contribution in [3.63, 3.8) is 0 Å². The minimum Gasteiger partial charge on any atom is -0.441 e. The summed E-state index contributed by atoms with van der Waals surface area (Å²) >= 11 is 0. The van der Waals surface area contributed by atoms with Gasteiger partial charge < -0.3 is 26.0 Å². The number of benzene rings is 2. The highest BCUT2D eigenvalue weighted by Gasteiger charge is 2.27. The minimum absolute atomic E-state index is 0.0807. The summed E-state index contributed by atoms with van der Waals surface area (Å²) in [5.41, 5.74) is 18.4. The fourth-order valence-electron chi connectivity index (χ4n) is 6.50. The zero-order valence-electron chi connectivity index (χ0n) is 25.3. The number of likely N-dealkylation sites (tertiary alicyclic amines) is 1. The number of ether oxygens (including phenoxy) is 1. The number of nitrogens with zero attached hydrogens (tertiary/aromatic N) is 6. The molecule has 0 spiro atoms. The SMILES string of the molecule is CC(C)C(OC(N)=O)c1ccc(-c2cnc3c(-c4ccc(N5CCN(C6CCN(C)CC6)CC5)cc4)cnn3c2N)cc1. The van der Waals surface area contributed by atoms with Gasteiger partial charge in [0.25, 0.3) is 0 Å². The predicted octanol–water partition coefficient (Wildman–Crippen LogP) is 4.65. The molecule has 10 nitrogen and oxygen atoms in total. The van der Waals surface area contributed by atoms with E-state index < -0.39 is 12.2 Å². The van der Waals surface area contributed by atoms with Crippen molar-refractivity contribution < 1.29 is 9.53 Å². The molecule has 2 aromatic heterocycles. The van der Waals surface area contributed by atoms with E-state index in [9.17, 15) is 4.79 Å². The molecule has 4 aromatic rings. The fourth-order valence-corrected chi connectivity index (χ4v) is 6.50. The van der Waals surface area contributed by atoms with E-state index in [1.54, 1.807) is 10.7 Å². The van der Waals surface area contributed by atoms with Gasteiger partial charge in [-0.1, -0.05) is 50.2 Å². The van der Waals surface area contributed by atoms with Crippen LogP contribution in [0.25, 0.3) is 27.9 Å². The molecule has 2 saturated heterocycles. The third kappa shape index (κ3) is 6.03. The molecule has 0 aliphatic carbocycles. The Kier molecular flexibility index (Phi) is 8.23. The highest BCUT2D eigenvalue weighted by atomic mass is 16.6. The lowest BCUT2D eigenvalue weighted by Crippen LogP contribution is -2.52. The molecule has 43 heavy (non-hydrogen) atoms. The summed E-state index contributed by atoms with van der Waals surface area (Å²) in [6, 6.07) is 17.2. The van der Waals surface area contributed by atoms with Crippen molar-refractivity contribution in [3.8, 4) is 22.3 Å². The van der Waals surface area contributed by atoms with Gasteiger partial charge in [0, 0.05) is 55.2 Å². The molecule has 4 N–H and O–H groups in total. The van der Waals surface area contributed by atoms with Gasteiger partial charge in [-0.2, -0.15) is 9.61 Å². The summed E-state index contributed by atoms with van der Waals surface area (Å²) in [7, 11) is 2.22. The summed E-state index contributed by atoms with van der Waals surface area (Å²) in [6.07, 6.45) is 4.98. The van der Waals surface area contributed by atoms with E-state index in [0.717, 1.165) is 60.0 Å². The molecule has 1 unspecified atom stereocenters. The number of hydrogen-bond acceptors (Lipinski definition) is 8. The first-order chi connectivity index (χ1) is 20.8. The number of piperidine rings is 1. The van der Waals surface area contributed by atoms with E-state index in [2.05, 4.69) is 51.1 Å². The highest BCUT2D eigenvalue weighted by molar-refractivity contribution is 5.82. The number of carbonyl (C=O) groups excluding carboxylic acids is 1. The van der Waals surface area contributed by atoms with Gasteiger partial charge in [0.2, 0.25) is 0 Å². The number of nitrogens with two attached hydrogens (primary N) is 2. The number of aromatic nitrogens is 3. The molecule has 2 aliphatic heterocycles. The average molecular weight is 583 g/mol. The second-order valence-corrected chi connectivity index (χ2v) is 12.2. The van der Waals surface area contributed by atoms with Crippen LogP contribution in [-0.4, -0.2) is 82.8 Å². The van der Waals surface area contributed by atoms with Crippen LogP contribution in [-0.2, 0) is 4.74 Å². The van der Waals surface area contributed by atoms with Crippen molar-refractivity contribution >= 4 is 23.2 Å². The summed E-state index contributed by atoms with van der Waals surface area (Å²) in [5.74, 6) is 0.592. The first-order valence-corrected chi connectivity index (χ1v) is 15.2. The Balaban J connectivity index is 1.15. The lowest BCUT2D eigenvalue weighted by molar-refractivity contribution is 0.0784. The van der Waals surface area contributed by atoms with Gasteiger partial charge in [0.05, 0.1) is 6.20 Å². The van der Waals surface area contributed by atoms with Gasteiger partial charge in [0.1, 0.15) is 11.9 Å². The van der Waals surface area contributed by atoms with Crippen LogP contribution in [0.2, 0.25) is 0 Å². The normalized spacial score (nSPS) is 17.9. The second kappa shape index (κ2) is 12.2. The number of piperazine rings is 1. The van der Waals surface area contributed by atoms with Crippen LogP contribution in [0.1, 0.15) is 38.4 Å². The van der Waals surface area contributed by atoms with E-state index in [0.29, 0.717) is 11.5 Å². The molecule has 4 heterocycles.